The molecule has 0 amide bonds. The molecule has 2 nitrogen and oxygen atoms in total. The van der Waals surface area contributed by atoms with Gasteiger partial charge in [0.15, 0.2) is 0 Å². The first kappa shape index (κ1) is 15.5. The average molecular weight is 410 g/mol. The SMILES string of the molecule is OC(CNc1ccc(I)cc1Cl)c1cc(F)ccc1F. The van der Waals surface area contributed by atoms with Gasteiger partial charge in [-0.15, -0.1) is 0 Å². The van der Waals surface area contributed by atoms with Crippen molar-refractivity contribution in [2.45, 2.75) is 6.10 Å². The Morgan fingerprint density at radius 1 is 1.20 bits per heavy atom. The van der Waals surface area contributed by atoms with Crippen LogP contribution in [0, 0.1) is 15.2 Å². The largest absolute Gasteiger partial charge is 0.386 e. The van der Waals surface area contributed by atoms with E-state index in [1.54, 1.807) is 12.1 Å². The fourth-order valence-corrected chi connectivity index (χ4v) is 2.64. The Labute approximate surface area is 133 Å². The topological polar surface area (TPSA) is 32.3 Å². The number of hydrogen-bond acceptors (Lipinski definition) is 2. The summed E-state index contributed by atoms with van der Waals surface area (Å²) in [5.41, 5.74) is 0.544. The molecule has 0 saturated carbocycles. The maximum absolute atomic E-state index is 13.5. The van der Waals surface area contributed by atoms with Crippen molar-refractivity contribution >= 4 is 39.9 Å². The van der Waals surface area contributed by atoms with Crippen molar-refractivity contribution in [1.82, 2.24) is 0 Å². The summed E-state index contributed by atoms with van der Waals surface area (Å²) in [5, 5.41) is 13.3. The van der Waals surface area contributed by atoms with Crippen LogP contribution in [0.25, 0.3) is 0 Å². The van der Waals surface area contributed by atoms with E-state index < -0.39 is 17.7 Å². The van der Waals surface area contributed by atoms with Crippen molar-refractivity contribution in [3.63, 3.8) is 0 Å². The Morgan fingerprint density at radius 2 is 1.95 bits per heavy atom. The molecule has 0 aliphatic rings. The zero-order valence-electron chi connectivity index (χ0n) is 10.2. The van der Waals surface area contributed by atoms with Gasteiger partial charge in [-0.2, -0.15) is 0 Å². The third kappa shape index (κ3) is 3.80. The van der Waals surface area contributed by atoms with Gasteiger partial charge < -0.3 is 10.4 Å². The summed E-state index contributed by atoms with van der Waals surface area (Å²) in [7, 11) is 0. The molecule has 0 saturated heterocycles. The highest BCUT2D eigenvalue weighted by molar-refractivity contribution is 14.1. The van der Waals surface area contributed by atoms with Crippen molar-refractivity contribution in [3.05, 3.63) is 62.2 Å². The smallest absolute Gasteiger partial charge is 0.129 e. The van der Waals surface area contributed by atoms with E-state index in [2.05, 4.69) is 27.9 Å². The number of rotatable bonds is 4. The summed E-state index contributed by atoms with van der Waals surface area (Å²) in [6.07, 6.45) is -1.17. The minimum atomic E-state index is -1.17. The van der Waals surface area contributed by atoms with E-state index in [4.69, 9.17) is 11.6 Å². The van der Waals surface area contributed by atoms with Crippen molar-refractivity contribution in [3.8, 4) is 0 Å². The first-order valence-electron chi connectivity index (χ1n) is 5.79. The monoisotopic (exact) mass is 409 g/mol. The Kier molecular flexibility index (Phi) is 5.17. The van der Waals surface area contributed by atoms with E-state index in [1.165, 1.54) is 0 Å². The van der Waals surface area contributed by atoms with Gasteiger partial charge in [0.1, 0.15) is 11.6 Å². The Morgan fingerprint density at radius 3 is 2.65 bits per heavy atom. The van der Waals surface area contributed by atoms with Crippen LogP contribution in [-0.4, -0.2) is 11.7 Å². The molecule has 0 fully saturated rings. The summed E-state index contributed by atoms with van der Waals surface area (Å²) in [4.78, 5) is 0. The molecule has 106 valence electrons. The lowest BCUT2D eigenvalue weighted by Gasteiger charge is -2.15. The molecule has 1 unspecified atom stereocenters. The van der Waals surface area contributed by atoms with E-state index >= 15 is 0 Å². The summed E-state index contributed by atoms with van der Waals surface area (Å²) in [5.74, 6) is -1.23. The predicted octanol–water partition coefficient (Wildman–Crippen LogP) is 4.37. The summed E-state index contributed by atoms with van der Waals surface area (Å²) in [6, 6.07) is 8.36. The maximum Gasteiger partial charge on any atom is 0.129 e. The fourth-order valence-electron chi connectivity index (χ4n) is 1.72. The molecule has 0 heterocycles. The normalized spacial score (nSPS) is 12.2. The van der Waals surface area contributed by atoms with Crippen LogP contribution in [0.2, 0.25) is 5.02 Å². The summed E-state index contributed by atoms with van der Waals surface area (Å²) >= 11 is 8.16. The number of nitrogens with one attached hydrogen (secondary N) is 1. The highest BCUT2D eigenvalue weighted by Gasteiger charge is 2.14. The fraction of sp³-hybridized carbons (Fsp3) is 0.143. The second kappa shape index (κ2) is 6.69. The molecule has 2 N–H and O–H groups in total. The zero-order valence-corrected chi connectivity index (χ0v) is 13.1. The van der Waals surface area contributed by atoms with Gasteiger partial charge in [0, 0.05) is 15.7 Å². The van der Waals surface area contributed by atoms with Crippen molar-refractivity contribution < 1.29 is 13.9 Å². The third-order valence-corrected chi connectivity index (χ3v) is 3.72. The first-order valence-corrected chi connectivity index (χ1v) is 7.25. The van der Waals surface area contributed by atoms with Crippen LogP contribution >= 0.6 is 34.2 Å². The lowest BCUT2D eigenvalue weighted by Crippen LogP contribution is -2.14. The Balaban J connectivity index is 2.08. The van der Waals surface area contributed by atoms with Gasteiger partial charge in [0.05, 0.1) is 16.8 Å². The second-order valence-electron chi connectivity index (χ2n) is 4.19. The van der Waals surface area contributed by atoms with E-state index in [9.17, 15) is 13.9 Å². The number of halogens is 4. The molecule has 2 aromatic carbocycles. The molecule has 2 aromatic rings. The minimum absolute atomic E-state index is 0.0285. The quantitative estimate of drug-likeness (QED) is 0.735. The first-order chi connectivity index (χ1) is 9.47. The zero-order chi connectivity index (χ0) is 14.7. The third-order valence-electron chi connectivity index (χ3n) is 2.73. The van der Waals surface area contributed by atoms with Crippen molar-refractivity contribution in [2.24, 2.45) is 0 Å². The standard InChI is InChI=1S/C14H11ClF2INO/c15-11-6-9(18)2-4-13(11)19-7-14(20)10-5-8(16)1-3-12(10)17/h1-6,14,19-20H,7H2. The molecule has 0 spiro atoms. The number of benzene rings is 2. The average Bonchev–Trinajstić information content (AvgIpc) is 2.40. The van der Waals surface area contributed by atoms with Gasteiger partial charge in [0.2, 0.25) is 0 Å². The Bertz CT molecular complexity index is 624. The van der Waals surface area contributed by atoms with Gasteiger partial charge in [-0.05, 0) is 59.0 Å². The Hall–Kier alpha value is -0.920. The van der Waals surface area contributed by atoms with Crippen LogP contribution in [-0.2, 0) is 0 Å². The highest BCUT2D eigenvalue weighted by Crippen LogP contribution is 2.25. The van der Waals surface area contributed by atoms with E-state index in [-0.39, 0.29) is 12.1 Å². The van der Waals surface area contributed by atoms with Gasteiger partial charge >= 0.3 is 0 Å². The molecule has 0 radical (unpaired) electrons. The lowest BCUT2D eigenvalue weighted by molar-refractivity contribution is 0.186. The highest BCUT2D eigenvalue weighted by atomic mass is 127. The van der Waals surface area contributed by atoms with Crippen LogP contribution in [0.5, 0.6) is 0 Å². The number of aliphatic hydroxyl groups excluding tert-OH is 1. The molecule has 0 aliphatic heterocycles. The number of hydrogen-bond donors (Lipinski definition) is 2. The van der Waals surface area contributed by atoms with E-state index in [0.29, 0.717) is 10.7 Å². The van der Waals surface area contributed by atoms with Crippen molar-refractivity contribution in [1.29, 1.82) is 0 Å². The predicted molar refractivity (Wildman–Crippen MR) is 84.0 cm³/mol. The number of anilines is 1. The van der Waals surface area contributed by atoms with Crippen LogP contribution in [0.3, 0.4) is 0 Å². The van der Waals surface area contributed by atoms with E-state index in [1.807, 2.05) is 6.07 Å². The maximum atomic E-state index is 13.5. The van der Waals surface area contributed by atoms with Crippen LogP contribution in [0.15, 0.2) is 36.4 Å². The summed E-state index contributed by atoms with van der Waals surface area (Å²) in [6.45, 7) is 0.0285. The minimum Gasteiger partial charge on any atom is -0.386 e. The van der Waals surface area contributed by atoms with Gasteiger partial charge in [0.25, 0.3) is 0 Å². The van der Waals surface area contributed by atoms with E-state index in [0.717, 1.165) is 21.8 Å². The van der Waals surface area contributed by atoms with Crippen LogP contribution in [0.4, 0.5) is 14.5 Å². The molecule has 1 atom stereocenters. The molecule has 20 heavy (non-hydrogen) atoms. The van der Waals surface area contributed by atoms with Gasteiger partial charge in [-0.25, -0.2) is 8.78 Å². The summed E-state index contributed by atoms with van der Waals surface area (Å²) < 4.78 is 27.5. The molecular formula is C14H11ClF2INO. The van der Waals surface area contributed by atoms with Crippen molar-refractivity contribution in [2.75, 3.05) is 11.9 Å². The second-order valence-corrected chi connectivity index (χ2v) is 5.84. The molecule has 0 bridgehead atoms. The molecule has 2 rings (SSSR count). The molecule has 0 aliphatic carbocycles. The van der Waals surface area contributed by atoms with Gasteiger partial charge in [-0.3, -0.25) is 0 Å². The number of aliphatic hydroxyl groups is 1. The molecule has 0 aromatic heterocycles. The van der Waals surface area contributed by atoms with Crippen LogP contribution < -0.4 is 5.32 Å². The lowest BCUT2D eigenvalue weighted by atomic mass is 10.1. The molecular weight excluding hydrogens is 399 g/mol. The molecule has 6 heteroatoms. The van der Waals surface area contributed by atoms with Gasteiger partial charge in [-0.1, -0.05) is 11.6 Å². The van der Waals surface area contributed by atoms with Crippen LogP contribution in [0.1, 0.15) is 11.7 Å².